The molecule has 0 unspecified atom stereocenters. The van der Waals surface area contributed by atoms with Crippen LogP contribution >= 0.6 is 0 Å². The molecule has 1 saturated carbocycles. The van der Waals surface area contributed by atoms with Crippen LogP contribution < -0.4 is 10.1 Å². The van der Waals surface area contributed by atoms with Crippen LogP contribution in [-0.4, -0.2) is 16.7 Å². The number of benzene rings is 1. The summed E-state index contributed by atoms with van der Waals surface area (Å²) >= 11 is 0. The zero-order chi connectivity index (χ0) is 13.9. The van der Waals surface area contributed by atoms with E-state index in [2.05, 4.69) is 14.9 Å². The molecule has 1 heterocycles. The van der Waals surface area contributed by atoms with E-state index in [4.69, 9.17) is 4.74 Å². The molecule has 0 radical (unpaired) electrons. The van der Waals surface area contributed by atoms with Crippen LogP contribution in [0.25, 0.3) is 0 Å². The Hall–Kier alpha value is -2.04. The van der Waals surface area contributed by atoms with Crippen LogP contribution in [0.5, 0.6) is 5.75 Å². The molecule has 0 atom stereocenters. The Morgan fingerprint density at radius 2 is 2.15 bits per heavy atom. The van der Waals surface area contributed by atoms with Gasteiger partial charge in [-0.15, -0.1) is 0 Å². The van der Waals surface area contributed by atoms with Crippen molar-refractivity contribution >= 4 is 11.6 Å². The summed E-state index contributed by atoms with van der Waals surface area (Å²) in [5.74, 6) is 0.944. The maximum Gasteiger partial charge on any atom is 0.207 e. The van der Waals surface area contributed by atoms with Gasteiger partial charge in [-0.2, -0.15) is 0 Å². The lowest BCUT2D eigenvalue weighted by atomic mass is 10.2. The van der Waals surface area contributed by atoms with Gasteiger partial charge >= 0.3 is 0 Å². The molecule has 1 fully saturated rings. The Morgan fingerprint density at radius 3 is 2.90 bits per heavy atom. The molecule has 0 saturated heterocycles. The molecule has 5 heteroatoms. The highest BCUT2D eigenvalue weighted by Gasteiger charge is 2.19. The molecule has 4 nitrogen and oxygen atoms in total. The Balaban J connectivity index is 1.86. The lowest BCUT2D eigenvalue weighted by Gasteiger charge is -2.16. The number of rotatable bonds is 4. The minimum absolute atomic E-state index is 0.313. The SMILES string of the molecule is COc1cc(F)ccc1Nc1nccn1C1CCCC1. The number of anilines is 2. The molecule has 3 rings (SSSR count). The standard InChI is InChI=1S/C15H18FN3O/c1-20-14-10-11(16)6-7-13(14)18-15-17-8-9-19(15)12-4-2-3-5-12/h6-10,12H,2-5H2,1H3,(H,17,18). The summed E-state index contributed by atoms with van der Waals surface area (Å²) in [6.45, 7) is 0. The number of hydrogen-bond donors (Lipinski definition) is 1. The Labute approximate surface area is 117 Å². The van der Waals surface area contributed by atoms with Gasteiger partial charge in [0.15, 0.2) is 0 Å². The first kappa shape index (κ1) is 13.0. The Bertz CT molecular complexity index is 591. The number of aromatic nitrogens is 2. The topological polar surface area (TPSA) is 39.1 Å². The van der Waals surface area contributed by atoms with E-state index in [1.54, 1.807) is 12.3 Å². The number of nitrogens with one attached hydrogen (secondary N) is 1. The van der Waals surface area contributed by atoms with Crippen molar-refractivity contribution in [1.82, 2.24) is 9.55 Å². The largest absolute Gasteiger partial charge is 0.494 e. The highest BCUT2D eigenvalue weighted by atomic mass is 19.1. The molecule has 1 aliphatic carbocycles. The molecular formula is C15H18FN3O. The summed E-state index contributed by atoms with van der Waals surface area (Å²) in [6, 6.07) is 4.95. The minimum Gasteiger partial charge on any atom is -0.494 e. The van der Waals surface area contributed by atoms with Gasteiger partial charge in [0.05, 0.1) is 12.8 Å². The lowest BCUT2D eigenvalue weighted by molar-refractivity contribution is 0.413. The van der Waals surface area contributed by atoms with Crippen molar-refractivity contribution in [2.45, 2.75) is 31.7 Å². The third-order valence-corrected chi connectivity index (χ3v) is 3.80. The van der Waals surface area contributed by atoms with Crippen LogP contribution in [0.15, 0.2) is 30.6 Å². The fourth-order valence-corrected chi connectivity index (χ4v) is 2.78. The zero-order valence-corrected chi connectivity index (χ0v) is 11.5. The van der Waals surface area contributed by atoms with Gasteiger partial charge in [0.1, 0.15) is 11.6 Å². The predicted octanol–water partition coefficient (Wildman–Crippen LogP) is 3.89. The summed E-state index contributed by atoms with van der Waals surface area (Å²) < 4.78 is 20.6. The molecule has 1 aromatic heterocycles. The third-order valence-electron chi connectivity index (χ3n) is 3.80. The van der Waals surface area contributed by atoms with Crippen LogP contribution in [0.1, 0.15) is 31.7 Å². The van der Waals surface area contributed by atoms with Gasteiger partial charge in [-0.3, -0.25) is 0 Å². The van der Waals surface area contributed by atoms with Gasteiger partial charge in [-0.1, -0.05) is 12.8 Å². The van der Waals surface area contributed by atoms with Crippen LogP contribution in [-0.2, 0) is 0 Å². The highest BCUT2D eigenvalue weighted by molar-refractivity contribution is 5.62. The number of methoxy groups -OCH3 is 1. The molecule has 0 amide bonds. The number of hydrogen-bond acceptors (Lipinski definition) is 3. The first-order valence-electron chi connectivity index (χ1n) is 6.91. The van der Waals surface area contributed by atoms with Crippen molar-refractivity contribution < 1.29 is 9.13 Å². The molecule has 20 heavy (non-hydrogen) atoms. The molecule has 106 valence electrons. The maximum atomic E-state index is 13.2. The summed E-state index contributed by atoms with van der Waals surface area (Å²) in [5, 5.41) is 3.24. The van der Waals surface area contributed by atoms with Gasteiger partial charge in [0.2, 0.25) is 5.95 Å². The van der Waals surface area contributed by atoms with Crippen LogP contribution in [0.2, 0.25) is 0 Å². The number of nitrogens with zero attached hydrogens (tertiary/aromatic N) is 2. The average molecular weight is 275 g/mol. The second-order valence-electron chi connectivity index (χ2n) is 5.07. The van der Waals surface area contributed by atoms with E-state index < -0.39 is 0 Å². The van der Waals surface area contributed by atoms with Crippen molar-refractivity contribution in [3.63, 3.8) is 0 Å². The summed E-state index contributed by atoms with van der Waals surface area (Å²) in [5.41, 5.74) is 0.722. The van der Waals surface area contributed by atoms with E-state index >= 15 is 0 Å². The van der Waals surface area contributed by atoms with Gasteiger partial charge in [0.25, 0.3) is 0 Å². The predicted molar refractivity (Wildman–Crippen MR) is 76.0 cm³/mol. The summed E-state index contributed by atoms with van der Waals surface area (Å²) in [4.78, 5) is 4.36. The first-order valence-corrected chi connectivity index (χ1v) is 6.91. The van der Waals surface area contributed by atoms with Crippen LogP contribution in [0.3, 0.4) is 0 Å². The molecule has 1 aromatic carbocycles. The fraction of sp³-hybridized carbons (Fsp3) is 0.400. The molecule has 0 spiro atoms. The second-order valence-corrected chi connectivity index (χ2v) is 5.07. The van der Waals surface area contributed by atoms with Crippen molar-refractivity contribution in [2.75, 3.05) is 12.4 Å². The van der Waals surface area contributed by atoms with Crippen molar-refractivity contribution in [3.05, 3.63) is 36.4 Å². The molecule has 1 aliphatic rings. The normalized spacial score (nSPS) is 15.5. The highest BCUT2D eigenvalue weighted by Crippen LogP contribution is 2.33. The van der Waals surface area contributed by atoms with E-state index in [1.165, 1.54) is 44.9 Å². The Kier molecular flexibility index (Phi) is 3.58. The third kappa shape index (κ3) is 2.48. The number of imidazole rings is 1. The second kappa shape index (κ2) is 5.53. The average Bonchev–Trinajstić information content (AvgIpc) is 3.11. The first-order chi connectivity index (χ1) is 9.78. The van der Waals surface area contributed by atoms with Gasteiger partial charge in [-0.25, -0.2) is 9.37 Å². The van der Waals surface area contributed by atoms with E-state index in [0.717, 1.165) is 11.6 Å². The van der Waals surface area contributed by atoms with Gasteiger partial charge in [0, 0.05) is 24.5 Å². The van der Waals surface area contributed by atoms with Crippen molar-refractivity contribution in [1.29, 1.82) is 0 Å². The minimum atomic E-state index is -0.313. The zero-order valence-electron chi connectivity index (χ0n) is 11.5. The quantitative estimate of drug-likeness (QED) is 0.920. The molecular weight excluding hydrogens is 257 g/mol. The van der Waals surface area contributed by atoms with E-state index in [1.807, 2.05) is 6.20 Å². The van der Waals surface area contributed by atoms with Gasteiger partial charge < -0.3 is 14.6 Å². The van der Waals surface area contributed by atoms with E-state index in [9.17, 15) is 4.39 Å². The van der Waals surface area contributed by atoms with E-state index in [0.29, 0.717) is 11.8 Å². The summed E-state index contributed by atoms with van der Waals surface area (Å²) in [7, 11) is 1.53. The maximum absolute atomic E-state index is 13.2. The lowest BCUT2D eigenvalue weighted by Crippen LogP contribution is -2.08. The van der Waals surface area contributed by atoms with Crippen molar-refractivity contribution in [3.8, 4) is 5.75 Å². The van der Waals surface area contributed by atoms with Crippen LogP contribution in [0.4, 0.5) is 16.0 Å². The molecule has 0 bridgehead atoms. The van der Waals surface area contributed by atoms with Crippen molar-refractivity contribution in [2.24, 2.45) is 0 Å². The number of halogens is 1. The smallest absolute Gasteiger partial charge is 0.207 e. The molecule has 0 aliphatic heterocycles. The molecule has 1 N–H and O–H groups in total. The number of ether oxygens (including phenoxy) is 1. The van der Waals surface area contributed by atoms with Gasteiger partial charge in [-0.05, 0) is 25.0 Å². The Morgan fingerprint density at radius 1 is 1.35 bits per heavy atom. The monoisotopic (exact) mass is 275 g/mol. The molecule has 2 aromatic rings. The van der Waals surface area contributed by atoms with Crippen LogP contribution in [0, 0.1) is 5.82 Å². The summed E-state index contributed by atoms with van der Waals surface area (Å²) in [6.07, 6.45) is 8.69. The van der Waals surface area contributed by atoms with E-state index in [-0.39, 0.29) is 5.82 Å². The fourth-order valence-electron chi connectivity index (χ4n) is 2.78.